The number of hydrogen-bond donors (Lipinski definition) is 0. The number of nitrogens with zero attached hydrogens (tertiary/aromatic N) is 4. The van der Waals surface area contributed by atoms with Crippen molar-refractivity contribution < 1.29 is 14.3 Å². The molecule has 150 valence electrons. The minimum Gasteiger partial charge on any atom is -0.459 e. The summed E-state index contributed by atoms with van der Waals surface area (Å²) in [5.74, 6) is -0.623. The van der Waals surface area contributed by atoms with Crippen molar-refractivity contribution in [3.8, 4) is 0 Å². The summed E-state index contributed by atoms with van der Waals surface area (Å²) in [7, 11) is 0. The lowest BCUT2D eigenvalue weighted by Gasteiger charge is -2.49. The molecule has 2 aromatic carbocycles. The molecule has 0 radical (unpaired) electrons. The third-order valence-electron chi connectivity index (χ3n) is 4.95. The van der Waals surface area contributed by atoms with Crippen molar-refractivity contribution in [2.75, 3.05) is 0 Å². The van der Waals surface area contributed by atoms with E-state index >= 15 is 0 Å². The van der Waals surface area contributed by atoms with Gasteiger partial charge < -0.3 is 9.64 Å². The number of β-lactam (4-membered cyclic amide) rings is 1. The predicted molar refractivity (Wildman–Crippen MR) is 108 cm³/mol. The van der Waals surface area contributed by atoms with Gasteiger partial charge in [0.1, 0.15) is 18.7 Å². The monoisotopic (exact) mass is 392 g/mol. The van der Waals surface area contributed by atoms with Crippen LogP contribution in [0.15, 0.2) is 65.8 Å². The molecule has 3 rings (SSSR count). The summed E-state index contributed by atoms with van der Waals surface area (Å²) in [6.07, 6.45) is 0.464. The molecule has 1 aliphatic heterocycles. The minimum absolute atomic E-state index is 0.145. The van der Waals surface area contributed by atoms with Crippen molar-refractivity contribution in [3.05, 3.63) is 82.2 Å². The second-order valence-corrected chi connectivity index (χ2v) is 7.49. The number of likely N-dealkylation sites (tertiary alicyclic amines) is 1. The third kappa shape index (κ3) is 4.58. The van der Waals surface area contributed by atoms with E-state index < -0.39 is 24.1 Å². The number of rotatable bonds is 8. The molecule has 2 aromatic rings. The summed E-state index contributed by atoms with van der Waals surface area (Å²) in [6, 6.07) is 16.7. The average molecular weight is 392 g/mol. The first-order valence-electron chi connectivity index (χ1n) is 9.64. The van der Waals surface area contributed by atoms with E-state index in [2.05, 4.69) is 10.0 Å². The number of carbonyl (C=O) groups excluding carboxylic acids is 2. The van der Waals surface area contributed by atoms with E-state index in [1.54, 1.807) is 0 Å². The van der Waals surface area contributed by atoms with Crippen LogP contribution in [-0.2, 0) is 20.9 Å². The summed E-state index contributed by atoms with van der Waals surface area (Å²) >= 11 is 0. The summed E-state index contributed by atoms with van der Waals surface area (Å²) < 4.78 is 5.54. The van der Waals surface area contributed by atoms with Crippen LogP contribution in [0.5, 0.6) is 0 Å². The van der Waals surface area contributed by atoms with Gasteiger partial charge in [0.05, 0.1) is 6.04 Å². The molecule has 1 saturated heterocycles. The van der Waals surface area contributed by atoms with Crippen LogP contribution in [0.2, 0.25) is 0 Å². The fraction of sp³-hybridized carbons (Fsp3) is 0.364. The van der Waals surface area contributed by atoms with E-state index in [1.807, 2.05) is 74.5 Å². The standard InChI is InChI=1S/C22H24N4O3/c1-15(2)13-18(22(28)29-14-16-9-5-3-6-10-16)26-20(17-11-7-4-8-12-17)19(21(26)27)24-25-23/h3-12,15,18-20H,13-14H2,1-2H3/t18-,19?,20?/m0/s1. The van der Waals surface area contributed by atoms with E-state index in [1.165, 1.54) is 4.90 Å². The molecule has 0 bridgehead atoms. The van der Waals surface area contributed by atoms with E-state index in [-0.39, 0.29) is 18.4 Å². The Hall–Kier alpha value is -3.31. The molecule has 0 saturated carbocycles. The smallest absolute Gasteiger partial charge is 0.329 e. The first-order chi connectivity index (χ1) is 14.0. The summed E-state index contributed by atoms with van der Waals surface area (Å²) in [6.45, 7) is 4.13. The van der Waals surface area contributed by atoms with Gasteiger partial charge in [-0.2, -0.15) is 0 Å². The van der Waals surface area contributed by atoms with Crippen LogP contribution in [0.3, 0.4) is 0 Å². The van der Waals surface area contributed by atoms with Crippen LogP contribution >= 0.6 is 0 Å². The normalized spacial score (nSPS) is 19.3. The number of esters is 1. The van der Waals surface area contributed by atoms with Crippen molar-refractivity contribution in [1.29, 1.82) is 0 Å². The van der Waals surface area contributed by atoms with E-state index in [0.717, 1.165) is 11.1 Å². The van der Waals surface area contributed by atoms with Gasteiger partial charge in [0.2, 0.25) is 5.91 Å². The fourth-order valence-corrected chi connectivity index (χ4v) is 3.60. The minimum atomic E-state index is -0.848. The second kappa shape index (κ2) is 9.26. The molecule has 0 aliphatic carbocycles. The Morgan fingerprint density at radius 2 is 1.76 bits per heavy atom. The number of hydrogen-bond acceptors (Lipinski definition) is 4. The van der Waals surface area contributed by atoms with E-state index in [0.29, 0.717) is 6.42 Å². The Morgan fingerprint density at radius 1 is 1.14 bits per heavy atom. The summed E-state index contributed by atoms with van der Waals surface area (Å²) in [4.78, 5) is 30.1. The maximum atomic E-state index is 13.0. The first-order valence-corrected chi connectivity index (χ1v) is 9.64. The maximum Gasteiger partial charge on any atom is 0.329 e. The van der Waals surface area contributed by atoms with Crippen LogP contribution in [0, 0.1) is 5.92 Å². The van der Waals surface area contributed by atoms with Crippen molar-refractivity contribution in [2.45, 2.75) is 45.0 Å². The highest BCUT2D eigenvalue weighted by molar-refractivity contribution is 5.94. The molecular formula is C22H24N4O3. The SMILES string of the molecule is CC(C)C[C@@H](C(=O)OCc1ccccc1)N1C(=O)C(N=[N+]=[N-])C1c1ccccc1. The lowest BCUT2D eigenvalue weighted by molar-refractivity contribution is -0.169. The molecule has 1 amide bonds. The van der Waals surface area contributed by atoms with E-state index in [9.17, 15) is 9.59 Å². The molecular weight excluding hydrogens is 368 g/mol. The molecule has 1 aliphatic rings. The molecule has 7 nitrogen and oxygen atoms in total. The van der Waals surface area contributed by atoms with Crippen LogP contribution in [0.25, 0.3) is 10.4 Å². The summed E-state index contributed by atoms with van der Waals surface area (Å²) in [5, 5.41) is 3.67. The quantitative estimate of drug-likeness (QED) is 0.219. The van der Waals surface area contributed by atoms with Crippen molar-refractivity contribution in [1.82, 2.24) is 4.90 Å². The third-order valence-corrected chi connectivity index (χ3v) is 4.95. The van der Waals surface area contributed by atoms with Gasteiger partial charge in [0, 0.05) is 4.91 Å². The molecule has 29 heavy (non-hydrogen) atoms. The number of ether oxygens (including phenoxy) is 1. The zero-order valence-electron chi connectivity index (χ0n) is 16.5. The van der Waals surface area contributed by atoms with Crippen LogP contribution in [0.1, 0.15) is 37.4 Å². The van der Waals surface area contributed by atoms with Gasteiger partial charge >= 0.3 is 5.97 Å². The topological polar surface area (TPSA) is 95.4 Å². The molecule has 0 N–H and O–H groups in total. The Kier molecular flexibility index (Phi) is 6.52. The first kappa shape index (κ1) is 20.4. The van der Waals surface area contributed by atoms with Gasteiger partial charge in [-0.15, -0.1) is 0 Å². The van der Waals surface area contributed by atoms with E-state index in [4.69, 9.17) is 10.3 Å². The largest absolute Gasteiger partial charge is 0.459 e. The average Bonchev–Trinajstić information content (AvgIpc) is 2.74. The Morgan fingerprint density at radius 3 is 2.34 bits per heavy atom. The highest BCUT2D eigenvalue weighted by Gasteiger charge is 2.52. The summed E-state index contributed by atoms with van der Waals surface area (Å²) in [5.41, 5.74) is 10.6. The fourth-order valence-electron chi connectivity index (χ4n) is 3.60. The van der Waals surface area contributed by atoms with Gasteiger partial charge in [-0.05, 0) is 29.0 Å². The molecule has 2 unspecified atom stereocenters. The molecule has 0 aromatic heterocycles. The Bertz CT molecular complexity index is 895. The lowest BCUT2D eigenvalue weighted by atomic mass is 9.85. The van der Waals surface area contributed by atoms with Crippen molar-refractivity contribution in [3.63, 3.8) is 0 Å². The molecule has 7 heteroatoms. The zero-order valence-corrected chi connectivity index (χ0v) is 16.5. The highest BCUT2D eigenvalue weighted by Crippen LogP contribution is 2.40. The van der Waals surface area contributed by atoms with Gasteiger partial charge in [0.25, 0.3) is 0 Å². The van der Waals surface area contributed by atoms with Gasteiger partial charge in [-0.25, -0.2) is 4.79 Å². The number of benzene rings is 2. The predicted octanol–water partition coefficient (Wildman–Crippen LogP) is 4.41. The van der Waals surface area contributed by atoms with Gasteiger partial charge in [-0.3, -0.25) is 4.79 Å². The van der Waals surface area contributed by atoms with Crippen LogP contribution in [0.4, 0.5) is 0 Å². The highest BCUT2D eigenvalue weighted by atomic mass is 16.5. The number of azide groups is 1. The van der Waals surface area contributed by atoms with Crippen LogP contribution in [-0.4, -0.2) is 28.9 Å². The van der Waals surface area contributed by atoms with Gasteiger partial charge in [-0.1, -0.05) is 79.6 Å². The van der Waals surface area contributed by atoms with Gasteiger partial charge in [0.15, 0.2) is 0 Å². The molecule has 0 spiro atoms. The molecule has 1 heterocycles. The molecule has 1 fully saturated rings. The number of carbonyl (C=O) groups is 2. The Balaban J connectivity index is 1.84. The van der Waals surface area contributed by atoms with Crippen molar-refractivity contribution in [2.24, 2.45) is 11.0 Å². The second-order valence-electron chi connectivity index (χ2n) is 7.49. The zero-order chi connectivity index (χ0) is 20.8. The van der Waals surface area contributed by atoms with Crippen molar-refractivity contribution >= 4 is 11.9 Å². The molecule has 3 atom stereocenters. The van der Waals surface area contributed by atoms with Crippen LogP contribution < -0.4 is 0 Å². The number of amides is 1. The Labute approximate surface area is 169 Å². The maximum absolute atomic E-state index is 13.0. The lowest BCUT2D eigenvalue weighted by Crippen LogP contribution is -2.63.